The molecule has 0 fully saturated rings. The number of para-hydroxylation sites is 1. The van der Waals surface area contributed by atoms with Gasteiger partial charge in [-0.2, -0.15) is 5.10 Å². The van der Waals surface area contributed by atoms with Gasteiger partial charge in [0.1, 0.15) is 5.75 Å². The molecule has 0 aliphatic heterocycles. The predicted octanol–water partition coefficient (Wildman–Crippen LogP) is 1.88. The quantitative estimate of drug-likeness (QED) is 0.390. The summed E-state index contributed by atoms with van der Waals surface area (Å²) in [5, 5.41) is 15.8. The Hall–Kier alpha value is -2.42. The number of phenols is 1. The highest BCUT2D eigenvalue weighted by Gasteiger charge is 2.10. The van der Waals surface area contributed by atoms with Gasteiger partial charge in [0.2, 0.25) is 0 Å². The monoisotopic (exact) mass is 423 g/mol. The third-order valence-electron chi connectivity index (χ3n) is 2.86. The van der Waals surface area contributed by atoms with Crippen molar-refractivity contribution in [2.24, 2.45) is 5.10 Å². The van der Waals surface area contributed by atoms with Crippen LogP contribution in [0.25, 0.3) is 0 Å². The fourth-order valence-electron chi connectivity index (χ4n) is 1.71. The van der Waals surface area contributed by atoms with E-state index in [1.807, 2.05) is 12.1 Å². The van der Waals surface area contributed by atoms with Gasteiger partial charge in [-0.3, -0.25) is 9.59 Å². The molecular weight excluding hydrogens is 409 g/mol. The van der Waals surface area contributed by atoms with Gasteiger partial charge in [0.15, 0.2) is 0 Å². The zero-order valence-corrected chi connectivity index (χ0v) is 14.1. The molecule has 118 valence electrons. The van der Waals surface area contributed by atoms with E-state index >= 15 is 0 Å². The van der Waals surface area contributed by atoms with Crippen molar-refractivity contribution in [1.82, 2.24) is 10.7 Å². The van der Waals surface area contributed by atoms with Crippen LogP contribution in [0, 0.1) is 3.57 Å². The number of rotatable bonds is 5. The summed E-state index contributed by atoms with van der Waals surface area (Å²) in [5.74, 6) is -0.719. The van der Waals surface area contributed by atoms with Gasteiger partial charge in [-0.15, -0.1) is 0 Å². The van der Waals surface area contributed by atoms with Crippen molar-refractivity contribution in [1.29, 1.82) is 0 Å². The van der Waals surface area contributed by atoms with Crippen LogP contribution in [0.2, 0.25) is 0 Å². The summed E-state index contributed by atoms with van der Waals surface area (Å²) in [5.41, 5.74) is 3.28. The van der Waals surface area contributed by atoms with Crippen LogP contribution in [0.3, 0.4) is 0 Å². The summed E-state index contributed by atoms with van der Waals surface area (Å²) >= 11 is 2.06. The van der Waals surface area contributed by atoms with Gasteiger partial charge in [-0.05, 0) is 46.9 Å². The van der Waals surface area contributed by atoms with Gasteiger partial charge in [-0.25, -0.2) is 5.43 Å². The Bertz CT molecular complexity index is 747. The smallest absolute Gasteiger partial charge is 0.259 e. The van der Waals surface area contributed by atoms with Crippen LogP contribution in [-0.2, 0) is 4.79 Å². The number of nitrogens with one attached hydrogen (secondary N) is 2. The molecule has 0 aliphatic carbocycles. The SMILES string of the molecule is O=C(CNC(=O)c1ccccc1I)N/N=C\c1ccccc1O. The average molecular weight is 423 g/mol. The van der Waals surface area contributed by atoms with E-state index in [1.165, 1.54) is 12.3 Å². The maximum atomic E-state index is 11.9. The zero-order valence-electron chi connectivity index (χ0n) is 12.0. The summed E-state index contributed by atoms with van der Waals surface area (Å²) in [4.78, 5) is 23.6. The lowest BCUT2D eigenvalue weighted by Gasteiger charge is -2.05. The predicted molar refractivity (Wildman–Crippen MR) is 95.3 cm³/mol. The summed E-state index contributed by atoms with van der Waals surface area (Å²) < 4.78 is 0.806. The minimum absolute atomic E-state index is 0.0671. The van der Waals surface area contributed by atoms with Crippen LogP contribution in [0.5, 0.6) is 5.75 Å². The number of aromatic hydroxyl groups is 1. The molecular formula is C16H14IN3O3. The Morgan fingerprint density at radius 1 is 1.13 bits per heavy atom. The Morgan fingerprint density at radius 3 is 2.57 bits per heavy atom. The Morgan fingerprint density at radius 2 is 1.83 bits per heavy atom. The summed E-state index contributed by atoms with van der Waals surface area (Å²) in [6, 6.07) is 13.7. The van der Waals surface area contributed by atoms with Crippen molar-refractivity contribution in [3.05, 3.63) is 63.2 Å². The van der Waals surface area contributed by atoms with Gasteiger partial charge < -0.3 is 10.4 Å². The first kappa shape index (κ1) is 16.9. The minimum Gasteiger partial charge on any atom is -0.507 e. The molecule has 6 nitrogen and oxygen atoms in total. The fourth-order valence-corrected chi connectivity index (χ4v) is 2.34. The molecule has 0 aliphatic rings. The van der Waals surface area contributed by atoms with E-state index in [-0.39, 0.29) is 18.2 Å². The second-order valence-corrected chi connectivity index (χ2v) is 5.68. The topological polar surface area (TPSA) is 90.8 Å². The largest absolute Gasteiger partial charge is 0.507 e. The number of benzene rings is 2. The maximum Gasteiger partial charge on any atom is 0.259 e. The molecule has 0 bridgehead atoms. The van der Waals surface area contributed by atoms with Gasteiger partial charge in [-0.1, -0.05) is 24.3 Å². The van der Waals surface area contributed by atoms with Crippen molar-refractivity contribution in [2.45, 2.75) is 0 Å². The third-order valence-corrected chi connectivity index (χ3v) is 3.80. The Balaban J connectivity index is 1.83. The standard InChI is InChI=1S/C16H14IN3O3/c17-13-7-3-2-6-12(13)16(23)18-10-15(22)20-19-9-11-5-1-4-8-14(11)21/h1-9,21H,10H2,(H,18,23)(H,20,22)/b19-9-. The lowest BCUT2D eigenvalue weighted by atomic mass is 10.2. The zero-order chi connectivity index (χ0) is 16.7. The fraction of sp³-hybridized carbons (Fsp3) is 0.0625. The van der Waals surface area contributed by atoms with E-state index in [0.29, 0.717) is 11.1 Å². The number of hydrogen-bond acceptors (Lipinski definition) is 4. The second-order valence-electron chi connectivity index (χ2n) is 4.51. The number of nitrogens with zero attached hydrogens (tertiary/aromatic N) is 1. The molecule has 0 aromatic heterocycles. The van der Waals surface area contributed by atoms with Gasteiger partial charge in [0, 0.05) is 9.13 Å². The molecule has 0 heterocycles. The van der Waals surface area contributed by atoms with Crippen molar-refractivity contribution in [3.8, 4) is 5.75 Å². The highest BCUT2D eigenvalue weighted by Crippen LogP contribution is 2.12. The Kier molecular flexibility index (Phi) is 6.10. The van der Waals surface area contributed by atoms with Crippen molar-refractivity contribution < 1.29 is 14.7 Å². The molecule has 23 heavy (non-hydrogen) atoms. The van der Waals surface area contributed by atoms with Crippen molar-refractivity contribution in [3.63, 3.8) is 0 Å². The van der Waals surface area contributed by atoms with Crippen LogP contribution < -0.4 is 10.7 Å². The van der Waals surface area contributed by atoms with E-state index in [9.17, 15) is 14.7 Å². The molecule has 2 aromatic rings. The van der Waals surface area contributed by atoms with Gasteiger partial charge in [0.25, 0.3) is 11.8 Å². The van der Waals surface area contributed by atoms with Gasteiger partial charge in [0.05, 0.1) is 18.3 Å². The lowest BCUT2D eigenvalue weighted by Crippen LogP contribution is -2.35. The van der Waals surface area contributed by atoms with E-state index in [4.69, 9.17) is 0 Å². The molecule has 7 heteroatoms. The average Bonchev–Trinajstić information content (AvgIpc) is 2.55. The van der Waals surface area contributed by atoms with E-state index in [1.54, 1.807) is 30.3 Å². The van der Waals surface area contributed by atoms with E-state index in [2.05, 4.69) is 38.4 Å². The second kappa shape index (κ2) is 8.28. The number of hydrazone groups is 1. The Labute approximate surface area is 146 Å². The number of halogens is 1. The maximum absolute atomic E-state index is 11.9. The number of carbonyl (C=O) groups is 2. The highest BCUT2D eigenvalue weighted by molar-refractivity contribution is 14.1. The number of hydrogen-bond donors (Lipinski definition) is 3. The van der Waals surface area contributed by atoms with E-state index in [0.717, 1.165) is 3.57 Å². The summed E-state index contributed by atoms with van der Waals surface area (Å²) in [6.07, 6.45) is 1.33. The number of carbonyl (C=O) groups excluding carboxylic acids is 2. The van der Waals surface area contributed by atoms with Crippen molar-refractivity contribution >= 4 is 40.6 Å². The first-order chi connectivity index (χ1) is 11.1. The molecule has 0 unspecified atom stereocenters. The molecule has 3 N–H and O–H groups in total. The van der Waals surface area contributed by atoms with Crippen LogP contribution >= 0.6 is 22.6 Å². The number of phenolic OH excluding ortho intramolecular Hbond substituents is 1. The summed E-state index contributed by atoms with van der Waals surface area (Å²) in [6.45, 7) is -0.193. The normalized spacial score (nSPS) is 10.5. The molecule has 2 aromatic carbocycles. The van der Waals surface area contributed by atoms with Crippen LogP contribution in [0.4, 0.5) is 0 Å². The first-order valence-corrected chi connectivity index (χ1v) is 7.78. The molecule has 2 amide bonds. The third kappa shape index (κ3) is 5.06. The summed E-state index contributed by atoms with van der Waals surface area (Å²) in [7, 11) is 0. The molecule has 0 radical (unpaired) electrons. The highest BCUT2D eigenvalue weighted by atomic mass is 127. The van der Waals surface area contributed by atoms with Crippen LogP contribution in [-0.4, -0.2) is 29.7 Å². The van der Waals surface area contributed by atoms with Crippen LogP contribution in [0.15, 0.2) is 53.6 Å². The minimum atomic E-state index is -0.462. The molecule has 2 rings (SSSR count). The lowest BCUT2D eigenvalue weighted by molar-refractivity contribution is -0.120. The first-order valence-electron chi connectivity index (χ1n) is 6.70. The van der Waals surface area contributed by atoms with Gasteiger partial charge >= 0.3 is 0 Å². The molecule has 0 atom stereocenters. The molecule has 0 saturated carbocycles. The van der Waals surface area contributed by atoms with Crippen molar-refractivity contribution in [2.75, 3.05) is 6.54 Å². The van der Waals surface area contributed by atoms with E-state index < -0.39 is 5.91 Å². The molecule has 0 spiro atoms. The van der Waals surface area contributed by atoms with Crippen LogP contribution in [0.1, 0.15) is 15.9 Å². The number of amides is 2. The molecule has 0 saturated heterocycles.